The lowest BCUT2D eigenvalue weighted by Gasteiger charge is -2.30. The van der Waals surface area contributed by atoms with Crippen LogP contribution in [0.5, 0.6) is 5.75 Å². The van der Waals surface area contributed by atoms with Gasteiger partial charge in [0.15, 0.2) is 0 Å². The number of halogens is 3. The molecule has 2 rings (SSSR count). The summed E-state index contributed by atoms with van der Waals surface area (Å²) in [5.74, 6) is -0.678. The number of amides is 2. The molecule has 1 aromatic rings. The number of rotatable bonds is 6. The molecule has 2 atom stereocenters. The van der Waals surface area contributed by atoms with Crippen molar-refractivity contribution in [3.63, 3.8) is 0 Å². The van der Waals surface area contributed by atoms with Crippen molar-refractivity contribution in [2.45, 2.75) is 37.7 Å². The first-order chi connectivity index (χ1) is 11.7. The van der Waals surface area contributed by atoms with Gasteiger partial charge < -0.3 is 15.4 Å². The molecule has 1 saturated heterocycles. The summed E-state index contributed by atoms with van der Waals surface area (Å²) in [5.41, 5.74) is 0.00621. The van der Waals surface area contributed by atoms with Crippen LogP contribution in [0, 0.1) is 0 Å². The molecule has 0 bridgehead atoms. The zero-order valence-electron chi connectivity index (χ0n) is 13.4. The number of anilines is 1. The van der Waals surface area contributed by atoms with Gasteiger partial charge in [-0.25, -0.2) is 0 Å². The van der Waals surface area contributed by atoms with Gasteiger partial charge in [0, 0.05) is 18.2 Å². The van der Waals surface area contributed by atoms with Gasteiger partial charge in [-0.1, -0.05) is 6.92 Å². The first-order valence-corrected chi connectivity index (χ1v) is 8.62. The Bertz CT molecular complexity index is 610. The molecular formula is C15H18F3N3O3S. The Labute approximate surface area is 146 Å². The standard InChI is InChI=1S/C15H18F3N3O3S/c1-2-9-7-12(22)21-14(20-9)25-8-13(23)19-10-3-5-11(6-4-10)24-15(16,17)18/h3-6,9,14,20H,2,7-8H2,1H3,(H,19,23)(H,21,22). The highest BCUT2D eigenvalue weighted by Crippen LogP contribution is 2.24. The van der Waals surface area contributed by atoms with Crippen LogP contribution in [0.1, 0.15) is 19.8 Å². The normalized spacial score (nSPS) is 20.7. The highest BCUT2D eigenvalue weighted by atomic mass is 32.2. The fourth-order valence-electron chi connectivity index (χ4n) is 2.19. The van der Waals surface area contributed by atoms with Gasteiger partial charge in [-0.15, -0.1) is 24.9 Å². The fraction of sp³-hybridized carbons (Fsp3) is 0.467. The summed E-state index contributed by atoms with van der Waals surface area (Å²) in [4.78, 5) is 23.5. The molecule has 138 valence electrons. The minimum absolute atomic E-state index is 0.0660. The lowest BCUT2D eigenvalue weighted by Crippen LogP contribution is -2.54. The average Bonchev–Trinajstić information content (AvgIpc) is 2.53. The topological polar surface area (TPSA) is 79.5 Å². The van der Waals surface area contributed by atoms with Crippen LogP contribution in [0.3, 0.4) is 0 Å². The van der Waals surface area contributed by atoms with Crippen LogP contribution in [0.2, 0.25) is 0 Å². The highest BCUT2D eigenvalue weighted by molar-refractivity contribution is 8.00. The number of carbonyl (C=O) groups excluding carboxylic acids is 2. The van der Waals surface area contributed by atoms with E-state index < -0.39 is 6.36 Å². The number of alkyl halides is 3. The molecule has 25 heavy (non-hydrogen) atoms. The Kier molecular flexibility index (Phi) is 6.54. The number of nitrogens with one attached hydrogen (secondary N) is 3. The molecule has 0 aromatic heterocycles. The van der Waals surface area contributed by atoms with Gasteiger partial charge in [-0.2, -0.15) is 0 Å². The molecule has 0 radical (unpaired) electrons. The van der Waals surface area contributed by atoms with Gasteiger partial charge in [0.05, 0.1) is 5.75 Å². The molecule has 2 unspecified atom stereocenters. The molecule has 1 aromatic carbocycles. The van der Waals surface area contributed by atoms with E-state index in [1.165, 1.54) is 23.9 Å². The number of thioether (sulfide) groups is 1. The Balaban J connectivity index is 1.79. The van der Waals surface area contributed by atoms with Crippen molar-refractivity contribution in [3.8, 4) is 5.75 Å². The average molecular weight is 377 g/mol. The van der Waals surface area contributed by atoms with Crippen molar-refractivity contribution in [2.75, 3.05) is 11.1 Å². The van der Waals surface area contributed by atoms with Crippen molar-refractivity contribution in [1.82, 2.24) is 10.6 Å². The first-order valence-electron chi connectivity index (χ1n) is 7.58. The molecule has 1 heterocycles. The summed E-state index contributed by atoms with van der Waals surface area (Å²) in [6.45, 7) is 1.97. The fourth-order valence-corrected chi connectivity index (χ4v) is 3.09. The van der Waals surface area contributed by atoms with Crippen LogP contribution in [-0.4, -0.2) is 35.5 Å². The molecular weight excluding hydrogens is 359 g/mol. The van der Waals surface area contributed by atoms with Crippen LogP contribution in [0.15, 0.2) is 24.3 Å². The van der Waals surface area contributed by atoms with Crippen molar-refractivity contribution in [1.29, 1.82) is 0 Å². The molecule has 1 aliphatic rings. The monoisotopic (exact) mass is 377 g/mol. The molecule has 0 spiro atoms. The van der Waals surface area contributed by atoms with Gasteiger partial charge in [-0.3, -0.25) is 14.9 Å². The molecule has 3 N–H and O–H groups in total. The van der Waals surface area contributed by atoms with E-state index in [0.29, 0.717) is 12.1 Å². The number of ether oxygens (including phenoxy) is 1. The van der Waals surface area contributed by atoms with Crippen LogP contribution < -0.4 is 20.7 Å². The Morgan fingerprint density at radius 2 is 2.04 bits per heavy atom. The maximum absolute atomic E-state index is 12.1. The maximum atomic E-state index is 12.1. The third-order valence-electron chi connectivity index (χ3n) is 3.36. The maximum Gasteiger partial charge on any atom is 0.573 e. The molecule has 0 aliphatic carbocycles. The smallest absolute Gasteiger partial charge is 0.406 e. The van der Waals surface area contributed by atoms with Crippen LogP contribution in [0.4, 0.5) is 18.9 Å². The summed E-state index contributed by atoms with van der Waals surface area (Å²) < 4.78 is 40.0. The quantitative estimate of drug-likeness (QED) is 0.710. The predicted molar refractivity (Wildman–Crippen MR) is 88.0 cm³/mol. The van der Waals surface area contributed by atoms with Crippen molar-refractivity contribution in [2.24, 2.45) is 0 Å². The lowest BCUT2D eigenvalue weighted by molar-refractivity contribution is -0.274. The van der Waals surface area contributed by atoms with Crippen molar-refractivity contribution < 1.29 is 27.5 Å². The van der Waals surface area contributed by atoms with Crippen LogP contribution in [-0.2, 0) is 9.59 Å². The first kappa shape index (κ1) is 19.4. The van der Waals surface area contributed by atoms with Gasteiger partial charge in [0.25, 0.3) is 0 Å². The largest absolute Gasteiger partial charge is 0.573 e. The summed E-state index contributed by atoms with van der Waals surface area (Å²) in [6.07, 6.45) is -3.54. The summed E-state index contributed by atoms with van der Waals surface area (Å²) in [5, 5.41) is 8.52. The zero-order valence-corrected chi connectivity index (χ0v) is 14.2. The van der Waals surface area contributed by atoms with Crippen molar-refractivity contribution in [3.05, 3.63) is 24.3 Å². The van der Waals surface area contributed by atoms with E-state index in [1.54, 1.807) is 0 Å². The Morgan fingerprint density at radius 3 is 2.64 bits per heavy atom. The summed E-state index contributed by atoms with van der Waals surface area (Å²) in [6, 6.07) is 4.95. The second-order valence-electron chi connectivity index (χ2n) is 5.35. The van der Waals surface area contributed by atoms with E-state index in [9.17, 15) is 22.8 Å². The Hall–Kier alpha value is -1.94. The second kappa shape index (κ2) is 8.43. The van der Waals surface area contributed by atoms with Gasteiger partial charge in [-0.05, 0) is 30.7 Å². The van der Waals surface area contributed by atoms with E-state index in [-0.39, 0.29) is 34.9 Å². The van der Waals surface area contributed by atoms with E-state index >= 15 is 0 Å². The van der Waals surface area contributed by atoms with Crippen LogP contribution in [0.25, 0.3) is 0 Å². The number of carbonyl (C=O) groups is 2. The molecule has 1 aliphatic heterocycles. The van der Waals surface area contributed by atoms with Gasteiger partial charge in [0.1, 0.15) is 11.2 Å². The summed E-state index contributed by atoms with van der Waals surface area (Å²) in [7, 11) is 0. The molecule has 10 heteroatoms. The molecule has 1 fully saturated rings. The number of benzene rings is 1. The molecule has 6 nitrogen and oxygen atoms in total. The van der Waals surface area contributed by atoms with Crippen LogP contribution >= 0.6 is 11.8 Å². The third kappa shape index (κ3) is 6.83. The van der Waals surface area contributed by atoms with E-state index in [4.69, 9.17) is 0 Å². The third-order valence-corrected chi connectivity index (χ3v) is 4.37. The van der Waals surface area contributed by atoms with E-state index in [2.05, 4.69) is 20.7 Å². The molecule has 0 saturated carbocycles. The lowest BCUT2D eigenvalue weighted by atomic mass is 10.1. The summed E-state index contributed by atoms with van der Waals surface area (Å²) >= 11 is 1.23. The zero-order chi connectivity index (χ0) is 18.4. The van der Waals surface area contributed by atoms with Gasteiger partial charge >= 0.3 is 6.36 Å². The SMILES string of the molecule is CCC1CC(=O)NC(SCC(=O)Nc2ccc(OC(F)(F)F)cc2)N1. The van der Waals surface area contributed by atoms with Gasteiger partial charge in [0.2, 0.25) is 11.8 Å². The minimum atomic E-state index is -4.75. The van der Waals surface area contributed by atoms with E-state index in [0.717, 1.165) is 18.6 Å². The predicted octanol–water partition coefficient (Wildman–Crippen LogP) is 2.43. The highest BCUT2D eigenvalue weighted by Gasteiger charge is 2.31. The van der Waals surface area contributed by atoms with Crippen molar-refractivity contribution >= 4 is 29.3 Å². The van der Waals surface area contributed by atoms with E-state index in [1.807, 2.05) is 6.92 Å². The molecule has 2 amide bonds. The minimum Gasteiger partial charge on any atom is -0.406 e. The second-order valence-corrected chi connectivity index (χ2v) is 6.45. The number of hydrogen-bond acceptors (Lipinski definition) is 5. The Morgan fingerprint density at radius 1 is 1.36 bits per heavy atom. The number of hydrogen-bond donors (Lipinski definition) is 3.